The number of nitrogens with one attached hydrogen (secondary N) is 1. The van der Waals surface area contributed by atoms with Crippen LogP contribution in [0.4, 0.5) is 0 Å². The molecule has 0 radical (unpaired) electrons. The van der Waals surface area contributed by atoms with Crippen molar-refractivity contribution in [2.24, 2.45) is 4.99 Å². The van der Waals surface area contributed by atoms with Gasteiger partial charge in [-0.05, 0) is 12.1 Å². The second-order valence-corrected chi connectivity index (χ2v) is 5.75. The minimum Gasteiger partial charge on any atom is -0.492 e. The molecule has 0 saturated heterocycles. The minimum absolute atomic E-state index is 0.584. The molecule has 0 amide bonds. The van der Waals surface area contributed by atoms with Crippen LogP contribution in [0.15, 0.2) is 54.3 Å². The van der Waals surface area contributed by atoms with Gasteiger partial charge in [0, 0.05) is 26.6 Å². The van der Waals surface area contributed by atoms with Crippen molar-refractivity contribution < 1.29 is 4.74 Å². The van der Waals surface area contributed by atoms with Crippen molar-refractivity contribution in [1.29, 1.82) is 0 Å². The van der Waals surface area contributed by atoms with Crippen LogP contribution in [0.25, 0.3) is 0 Å². The number of likely N-dealkylation sites (N-methyl/N-ethyl adjacent to an activating group) is 1. The lowest BCUT2D eigenvalue weighted by molar-refractivity contribution is 0.281. The van der Waals surface area contributed by atoms with Crippen molar-refractivity contribution in [3.8, 4) is 5.75 Å². The fourth-order valence-corrected chi connectivity index (χ4v) is 2.40. The van der Waals surface area contributed by atoms with Crippen molar-refractivity contribution in [1.82, 2.24) is 25.0 Å². The predicted octanol–water partition coefficient (Wildman–Crippen LogP) is 1.98. The van der Waals surface area contributed by atoms with E-state index in [9.17, 15) is 0 Å². The molecule has 0 aliphatic carbocycles. The number of aromatic nitrogens is 3. The Morgan fingerprint density at radius 2 is 2.19 bits per heavy atom. The Morgan fingerprint density at radius 1 is 1.38 bits per heavy atom. The van der Waals surface area contributed by atoms with Crippen LogP contribution in [0.3, 0.4) is 0 Å². The fourth-order valence-electron chi connectivity index (χ4n) is 2.40. The van der Waals surface area contributed by atoms with Gasteiger partial charge in [-0.15, -0.1) is 16.8 Å². The number of hydrogen-bond donors (Lipinski definition) is 1. The SMILES string of the molecule is C=CCNC(=NCCn1cnnc1CC)N(C)CCOc1ccccc1. The molecule has 0 spiro atoms. The monoisotopic (exact) mass is 356 g/mol. The summed E-state index contributed by atoms with van der Waals surface area (Å²) in [4.78, 5) is 6.74. The molecule has 1 N–H and O–H groups in total. The van der Waals surface area contributed by atoms with Crippen LogP contribution < -0.4 is 10.1 Å². The molecule has 0 fully saturated rings. The van der Waals surface area contributed by atoms with E-state index in [1.165, 1.54) is 0 Å². The molecule has 7 nitrogen and oxygen atoms in total. The summed E-state index contributed by atoms with van der Waals surface area (Å²) >= 11 is 0. The maximum Gasteiger partial charge on any atom is 0.194 e. The van der Waals surface area contributed by atoms with E-state index >= 15 is 0 Å². The molecule has 7 heteroatoms. The van der Waals surface area contributed by atoms with Gasteiger partial charge in [-0.1, -0.05) is 31.2 Å². The molecule has 0 aliphatic heterocycles. The fraction of sp³-hybridized carbons (Fsp3) is 0.421. The Hall–Kier alpha value is -2.83. The van der Waals surface area contributed by atoms with Crippen LogP contribution >= 0.6 is 0 Å². The number of aliphatic imine (C=N–C) groups is 1. The predicted molar refractivity (Wildman–Crippen MR) is 104 cm³/mol. The molecule has 1 heterocycles. The average molecular weight is 356 g/mol. The number of nitrogens with zero attached hydrogens (tertiary/aromatic N) is 5. The summed E-state index contributed by atoms with van der Waals surface area (Å²) in [6, 6.07) is 9.81. The topological polar surface area (TPSA) is 67.6 Å². The summed E-state index contributed by atoms with van der Waals surface area (Å²) in [5.74, 6) is 2.68. The number of hydrogen-bond acceptors (Lipinski definition) is 4. The Kier molecular flexibility index (Phi) is 8.18. The highest BCUT2D eigenvalue weighted by Gasteiger charge is 2.06. The highest BCUT2D eigenvalue weighted by Crippen LogP contribution is 2.07. The lowest BCUT2D eigenvalue weighted by Crippen LogP contribution is -2.41. The molecule has 1 aromatic carbocycles. The zero-order chi connectivity index (χ0) is 18.6. The van der Waals surface area contributed by atoms with Gasteiger partial charge in [-0.25, -0.2) is 0 Å². The molecular weight excluding hydrogens is 328 g/mol. The summed E-state index contributed by atoms with van der Waals surface area (Å²) < 4.78 is 7.79. The molecule has 2 aromatic rings. The normalized spacial score (nSPS) is 11.2. The zero-order valence-electron chi connectivity index (χ0n) is 15.6. The summed E-state index contributed by atoms with van der Waals surface area (Å²) in [6.07, 6.45) is 4.43. The van der Waals surface area contributed by atoms with E-state index in [0.29, 0.717) is 19.7 Å². The summed E-state index contributed by atoms with van der Waals surface area (Å²) in [7, 11) is 2.00. The highest BCUT2D eigenvalue weighted by molar-refractivity contribution is 5.79. The molecule has 0 atom stereocenters. The zero-order valence-corrected chi connectivity index (χ0v) is 15.6. The van der Waals surface area contributed by atoms with Gasteiger partial charge < -0.3 is 19.5 Å². The van der Waals surface area contributed by atoms with Crippen molar-refractivity contribution in [2.75, 3.05) is 33.3 Å². The van der Waals surface area contributed by atoms with Gasteiger partial charge in [0.15, 0.2) is 5.96 Å². The van der Waals surface area contributed by atoms with Gasteiger partial charge in [0.1, 0.15) is 24.5 Å². The maximum atomic E-state index is 5.76. The van der Waals surface area contributed by atoms with E-state index in [1.807, 2.05) is 48.0 Å². The molecule has 140 valence electrons. The first kappa shape index (κ1) is 19.5. The summed E-state index contributed by atoms with van der Waals surface area (Å²) in [6.45, 7) is 9.20. The summed E-state index contributed by atoms with van der Waals surface area (Å²) in [5.41, 5.74) is 0. The third kappa shape index (κ3) is 6.23. The number of para-hydroxylation sites is 1. The van der Waals surface area contributed by atoms with E-state index < -0.39 is 0 Å². The first-order chi connectivity index (χ1) is 12.7. The molecule has 0 unspecified atom stereocenters. The smallest absolute Gasteiger partial charge is 0.194 e. The van der Waals surface area contributed by atoms with Gasteiger partial charge in [-0.2, -0.15) is 0 Å². The number of guanidine groups is 1. The molecule has 0 bridgehead atoms. The van der Waals surface area contributed by atoms with Crippen molar-refractivity contribution in [3.63, 3.8) is 0 Å². The largest absolute Gasteiger partial charge is 0.492 e. The van der Waals surface area contributed by atoms with Gasteiger partial charge in [0.05, 0.1) is 13.1 Å². The number of aryl methyl sites for hydroxylation is 1. The Bertz CT molecular complexity index is 682. The second-order valence-electron chi connectivity index (χ2n) is 5.75. The van der Waals surface area contributed by atoms with E-state index in [-0.39, 0.29) is 0 Å². The van der Waals surface area contributed by atoms with Crippen LogP contribution in [-0.2, 0) is 13.0 Å². The van der Waals surface area contributed by atoms with Crippen LogP contribution in [0.2, 0.25) is 0 Å². The van der Waals surface area contributed by atoms with Crippen molar-refractivity contribution in [3.05, 3.63) is 55.1 Å². The van der Waals surface area contributed by atoms with E-state index in [4.69, 9.17) is 4.74 Å². The molecule has 2 rings (SSSR count). The van der Waals surface area contributed by atoms with Crippen molar-refractivity contribution in [2.45, 2.75) is 19.9 Å². The van der Waals surface area contributed by atoms with Crippen LogP contribution in [0.1, 0.15) is 12.7 Å². The highest BCUT2D eigenvalue weighted by atomic mass is 16.5. The Labute approximate surface area is 155 Å². The number of rotatable bonds is 10. The minimum atomic E-state index is 0.584. The molecule has 1 aromatic heterocycles. The molecule has 0 saturated carbocycles. The Balaban J connectivity index is 1.86. The summed E-state index contributed by atoms with van der Waals surface area (Å²) in [5, 5.41) is 11.3. The molecule has 26 heavy (non-hydrogen) atoms. The van der Waals surface area contributed by atoms with Gasteiger partial charge >= 0.3 is 0 Å². The van der Waals surface area contributed by atoms with E-state index in [2.05, 4.69) is 38.9 Å². The third-order valence-corrected chi connectivity index (χ3v) is 3.82. The van der Waals surface area contributed by atoms with E-state index in [0.717, 1.165) is 37.0 Å². The first-order valence-electron chi connectivity index (χ1n) is 8.89. The number of benzene rings is 1. The molecule has 0 aliphatic rings. The van der Waals surface area contributed by atoms with Crippen LogP contribution in [0, 0.1) is 0 Å². The van der Waals surface area contributed by atoms with Gasteiger partial charge in [-0.3, -0.25) is 4.99 Å². The van der Waals surface area contributed by atoms with Crippen LogP contribution in [-0.4, -0.2) is 58.9 Å². The first-order valence-corrected chi connectivity index (χ1v) is 8.89. The van der Waals surface area contributed by atoms with Crippen LogP contribution in [0.5, 0.6) is 5.75 Å². The average Bonchev–Trinajstić information content (AvgIpc) is 3.12. The lowest BCUT2D eigenvalue weighted by atomic mass is 10.3. The van der Waals surface area contributed by atoms with Gasteiger partial charge in [0.2, 0.25) is 0 Å². The standard InChI is InChI=1S/C19H28N6O/c1-4-11-20-19(21-12-13-25-16-22-23-18(25)5-2)24(3)14-15-26-17-9-7-6-8-10-17/h4,6-10,16H,1,5,11-15H2,2-3H3,(H,20,21). The Morgan fingerprint density at radius 3 is 2.92 bits per heavy atom. The van der Waals surface area contributed by atoms with Crippen molar-refractivity contribution >= 4 is 5.96 Å². The number of ether oxygens (including phenoxy) is 1. The van der Waals surface area contributed by atoms with E-state index in [1.54, 1.807) is 6.33 Å². The maximum absolute atomic E-state index is 5.76. The van der Waals surface area contributed by atoms with Gasteiger partial charge in [0.25, 0.3) is 0 Å². The third-order valence-electron chi connectivity index (χ3n) is 3.82. The quantitative estimate of drug-likeness (QED) is 0.401. The second kappa shape index (κ2) is 10.9. The lowest BCUT2D eigenvalue weighted by Gasteiger charge is -2.22. The molecular formula is C19H28N6O.